The standard InChI is InChI=1S/C26H29FN4O5S/c1-5-36-21-13-17(27)8-9-18(21)20-11-10-19(23(29-20)31-15-16(2)14-26(31,3)4)24(32)30-37(34,35)22-7-6-12-28-25(22)33/h6-13,16H,5,14-15H2,1-4H3,(H,28,33)(H,30,32)/t16-/m0/s1. The van der Waals surface area contributed by atoms with Gasteiger partial charge in [-0.2, -0.15) is 0 Å². The van der Waals surface area contributed by atoms with E-state index < -0.39 is 32.2 Å². The maximum absolute atomic E-state index is 13.9. The molecule has 11 heteroatoms. The number of aromatic nitrogens is 2. The van der Waals surface area contributed by atoms with Gasteiger partial charge >= 0.3 is 0 Å². The number of aromatic amines is 1. The molecule has 3 aromatic rings. The second-order valence-electron chi connectivity index (χ2n) is 9.67. The number of carbonyl (C=O) groups excluding carboxylic acids is 1. The van der Waals surface area contributed by atoms with Crippen molar-refractivity contribution in [1.82, 2.24) is 14.7 Å². The van der Waals surface area contributed by atoms with Crippen molar-refractivity contribution >= 4 is 21.7 Å². The zero-order valence-corrected chi connectivity index (χ0v) is 21.9. The molecular formula is C26H29FN4O5S. The summed E-state index contributed by atoms with van der Waals surface area (Å²) in [5.41, 5.74) is -0.216. The summed E-state index contributed by atoms with van der Waals surface area (Å²) < 4.78 is 47.2. The number of rotatable bonds is 7. The minimum absolute atomic E-state index is 0.0296. The predicted octanol–water partition coefficient (Wildman–Crippen LogP) is 3.72. The Morgan fingerprint density at radius 3 is 2.68 bits per heavy atom. The summed E-state index contributed by atoms with van der Waals surface area (Å²) in [6.45, 7) is 8.83. The van der Waals surface area contributed by atoms with Gasteiger partial charge in [0.05, 0.1) is 17.9 Å². The van der Waals surface area contributed by atoms with Crippen molar-refractivity contribution in [1.29, 1.82) is 0 Å². The highest BCUT2D eigenvalue weighted by atomic mass is 32.2. The van der Waals surface area contributed by atoms with E-state index in [1.807, 2.05) is 23.5 Å². The maximum atomic E-state index is 13.9. The Morgan fingerprint density at radius 2 is 2.03 bits per heavy atom. The van der Waals surface area contributed by atoms with E-state index in [-0.39, 0.29) is 16.9 Å². The van der Waals surface area contributed by atoms with Gasteiger partial charge in [-0.25, -0.2) is 22.5 Å². The molecule has 1 aliphatic heterocycles. The number of nitrogens with one attached hydrogen (secondary N) is 2. The van der Waals surface area contributed by atoms with Crippen molar-refractivity contribution < 1.29 is 22.3 Å². The SMILES string of the molecule is CCOc1cc(F)ccc1-c1ccc(C(=O)NS(=O)(=O)c2ccc[nH]c2=O)c(N2C[C@@H](C)CC2(C)C)n1. The van der Waals surface area contributed by atoms with Crippen molar-refractivity contribution in [2.75, 3.05) is 18.1 Å². The number of H-pyrrole nitrogens is 1. The zero-order valence-electron chi connectivity index (χ0n) is 21.0. The summed E-state index contributed by atoms with van der Waals surface area (Å²) in [5.74, 6) is -0.491. The third kappa shape index (κ3) is 5.36. The smallest absolute Gasteiger partial charge is 0.269 e. The lowest BCUT2D eigenvalue weighted by molar-refractivity contribution is 0.0981. The number of anilines is 1. The third-order valence-corrected chi connectivity index (χ3v) is 7.62. The molecule has 2 aromatic heterocycles. The molecule has 4 rings (SSSR count). The zero-order chi connectivity index (χ0) is 27.0. The van der Waals surface area contributed by atoms with Crippen LogP contribution in [0.1, 0.15) is 44.5 Å². The first-order valence-electron chi connectivity index (χ1n) is 11.9. The van der Waals surface area contributed by atoms with Crippen molar-refractivity contribution in [3.8, 4) is 17.0 Å². The van der Waals surface area contributed by atoms with Crippen LogP contribution in [-0.2, 0) is 10.0 Å². The van der Waals surface area contributed by atoms with Gasteiger partial charge in [0.15, 0.2) is 4.90 Å². The average molecular weight is 529 g/mol. The molecule has 0 radical (unpaired) electrons. The van der Waals surface area contributed by atoms with Gasteiger partial charge in [0.1, 0.15) is 17.4 Å². The molecule has 9 nitrogen and oxygen atoms in total. The van der Waals surface area contributed by atoms with E-state index in [2.05, 4.69) is 11.9 Å². The van der Waals surface area contributed by atoms with E-state index in [4.69, 9.17) is 9.72 Å². The molecule has 1 amide bonds. The molecule has 1 aliphatic rings. The van der Waals surface area contributed by atoms with E-state index in [0.717, 1.165) is 12.5 Å². The normalized spacial score (nSPS) is 17.0. The van der Waals surface area contributed by atoms with Crippen LogP contribution in [0.5, 0.6) is 5.75 Å². The highest BCUT2D eigenvalue weighted by molar-refractivity contribution is 7.90. The predicted molar refractivity (Wildman–Crippen MR) is 138 cm³/mol. The van der Waals surface area contributed by atoms with Crippen LogP contribution in [0.25, 0.3) is 11.3 Å². The quantitative estimate of drug-likeness (QED) is 0.479. The second-order valence-corrected chi connectivity index (χ2v) is 11.3. The van der Waals surface area contributed by atoms with Crippen LogP contribution in [-0.4, -0.2) is 43.0 Å². The van der Waals surface area contributed by atoms with Crippen LogP contribution in [0.3, 0.4) is 0 Å². The number of halogens is 1. The van der Waals surface area contributed by atoms with E-state index in [1.165, 1.54) is 30.5 Å². The van der Waals surface area contributed by atoms with Crippen molar-refractivity contribution in [2.24, 2.45) is 5.92 Å². The first kappa shape index (κ1) is 26.3. The fourth-order valence-corrected chi connectivity index (χ4v) is 5.80. The minimum atomic E-state index is -4.45. The number of ether oxygens (including phenoxy) is 1. The molecule has 1 atom stereocenters. The highest BCUT2D eigenvalue weighted by Crippen LogP contribution is 2.39. The number of nitrogens with zero attached hydrogens (tertiary/aromatic N) is 2. The molecule has 0 saturated carbocycles. The van der Waals surface area contributed by atoms with Crippen LogP contribution in [0.4, 0.5) is 10.2 Å². The summed E-state index contributed by atoms with van der Waals surface area (Å²) in [7, 11) is -4.45. The molecule has 2 N–H and O–H groups in total. The average Bonchev–Trinajstić information content (AvgIpc) is 3.10. The number of hydrogen-bond acceptors (Lipinski definition) is 7. The van der Waals surface area contributed by atoms with E-state index in [0.29, 0.717) is 36.1 Å². The fraction of sp³-hybridized carbons (Fsp3) is 0.346. The maximum Gasteiger partial charge on any atom is 0.269 e. The van der Waals surface area contributed by atoms with Crippen LogP contribution < -0.4 is 19.9 Å². The van der Waals surface area contributed by atoms with Gasteiger partial charge in [-0.15, -0.1) is 0 Å². The fourth-order valence-electron chi connectivity index (χ4n) is 4.77. The summed E-state index contributed by atoms with van der Waals surface area (Å²) in [6.07, 6.45) is 2.13. The molecule has 0 bridgehead atoms. The Morgan fingerprint density at radius 1 is 1.27 bits per heavy atom. The van der Waals surface area contributed by atoms with Crippen LogP contribution >= 0.6 is 0 Å². The summed E-state index contributed by atoms with van der Waals surface area (Å²) in [5, 5.41) is 0. The molecule has 1 saturated heterocycles. The first-order chi connectivity index (χ1) is 17.4. The third-order valence-electron chi connectivity index (χ3n) is 6.27. The molecular weight excluding hydrogens is 499 g/mol. The van der Waals surface area contributed by atoms with E-state index >= 15 is 0 Å². The highest BCUT2D eigenvalue weighted by Gasteiger charge is 2.39. The number of hydrogen-bond donors (Lipinski definition) is 2. The van der Waals surface area contributed by atoms with Gasteiger partial charge < -0.3 is 14.6 Å². The molecule has 0 spiro atoms. The minimum Gasteiger partial charge on any atom is -0.493 e. The van der Waals surface area contributed by atoms with Crippen LogP contribution in [0.2, 0.25) is 0 Å². The van der Waals surface area contributed by atoms with E-state index in [9.17, 15) is 22.4 Å². The number of carbonyl (C=O) groups is 1. The van der Waals surface area contributed by atoms with Gasteiger partial charge in [0.2, 0.25) is 0 Å². The lowest BCUT2D eigenvalue weighted by Gasteiger charge is -2.34. The first-order valence-corrected chi connectivity index (χ1v) is 13.4. The summed E-state index contributed by atoms with van der Waals surface area (Å²) >= 11 is 0. The molecule has 1 fully saturated rings. The monoisotopic (exact) mass is 528 g/mol. The topological polar surface area (TPSA) is 121 Å². The summed E-state index contributed by atoms with van der Waals surface area (Å²) in [6, 6.07) is 9.63. The van der Waals surface area contributed by atoms with Gasteiger partial charge in [-0.3, -0.25) is 9.59 Å². The lowest BCUT2D eigenvalue weighted by Crippen LogP contribution is -2.41. The number of benzene rings is 1. The Bertz CT molecular complexity index is 1500. The number of pyridine rings is 2. The Hall–Kier alpha value is -3.73. The van der Waals surface area contributed by atoms with Gasteiger partial charge in [-0.05, 0) is 69.5 Å². The Balaban J connectivity index is 1.82. The Labute approximate surface area is 214 Å². The lowest BCUT2D eigenvalue weighted by atomic mass is 9.97. The van der Waals surface area contributed by atoms with Gasteiger partial charge in [0, 0.05) is 29.9 Å². The van der Waals surface area contributed by atoms with Gasteiger partial charge in [-0.1, -0.05) is 6.92 Å². The van der Waals surface area contributed by atoms with E-state index in [1.54, 1.807) is 19.1 Å². The number of amides is 1. The number of sulfonamides is 1. The molecule has 0 aliphatic carbocycles. The molecule has 0 unspecified atom stereocenters. The molecule has 3 heterocycles. The van der Waals surface area contributed by atoms with Gasteiger partial charge in [0.25, 0.3) is 21.5 Å². The second kappa shape index (κ2) is 9.97. The van der Waals surface area contributed by atoms with Crippen LogP contribution in [0, 0.1) is 11.7 Å². The van der Waals surface area contributed by atoms with Crippen LogP contribution in [0.15, 0.2) is 58.4 Å². The van der Waals surface area contributed by atoms with Crippen molar-refractivity contribution in [2.45, 2.75) is 44.6 Å². The summed E-state index contributed by atoms with van der Waals surface area (Å²) in [4.78, 5) is 33.8. The molecule has 37 heavy (non-hydrogen) atoms. The molecule has 196 valence electrons. The Kier molecular flexibility index (Phi) is 7.09. The van der Waals surface area contributed by atoms with Crippen molar-refractivity contribution in [3.05, 3.63) is 70.4 Å². The largest absolute Gasteiger partial charge is 0.493 e. The van der Waals surface area contributed by atoms with Crippen molar-refractivity contribution in [3.63, 3.8) is 0 Å². The molecule has 1 aromatic carbocycles.